The van der Waals surface area contributed by atoms with Crippen molar-refractivity contribution in [1.82, 2.24) is 29.9 Å². The van der Waals surface area contributed by atoms with Gasteiger partial charge in [0.05, 0.1) is 10.8 Å². The van der Waals surface area contributed by atoms with E-state index in [4.69, 9.17) is 34.8 Å². The fraction of sp³-hybridized carbons (Fsp3) is 0.0769. The lowest BCUT2D eigenvalue weighted by Crippen LogP contribution is -1.86. The summed E-state index contributed by atoms with van der Waals surface area (Å²) in [6.07, 6.45) is 6.67. The zero-order valence-corrected chi connectivity index (χ0v) is 23.3. The number of nitrogens with one attached hydrogen (secondary N) is 2. The summed E-state index contributed by atoms with van der Waals surface area (Å²) < 4.78 is 0. The molecule has 0 aliphatic rings. The Labute approximate surface area is 238 Å². The van der Waals surface area contributed by atoms with E-state index in [1.807, 2.05) is 60.8 Å². The first-order valence-electron chi connectivity index (χ1n) is 11.0. The molecule has 0 saturated carbocycles. The van der Waals surface area contributed by atoms with Crippen molar-refractivity contribution in [1.29, 1.82) is 0 Å². The molecule has 4 aromatic heterocycles. The van der Waals surface area contributed by atoms with Crippen LogP contribution in [0.5, 0.6) is 0 Å². The molecule has 2 N–H and O–H groups in total. The van der Waals surface area contributed by atoms with Gasteiger partial charge < -0.3 is 9.97 Å². The van der Waals surface area contributed by atoms with Gasteiger partial charge in [-0.1, -0.05) is 59.1 Å². The second-order valence-corrected chi connectivity index (χ2v) is 10.0. The summed E-state index contributed by atoms with van der Waals surface area (Å²) in [7, 11) is 0. The number of hydrogen-bond donors (Lipinski definition) is 3. The monoisotopic (exact) mass is 586 g/mol. The van der Waals surface area contributed by atoms with E-state index in [0.717, 1.165) is 54.2 Å². The van der Waals surface area contributed by atoms with Gasteiger partial charge in [0.15, 0.2) is 0 Å². The Morgan fingerprint density at radius 1 is 0.703 bits per heavy atom. The van der Waals surface area contributed by atoms with Crippen LogP contribution in [0.4, 0.5) is 0 Å². The molecule has 6 rings (SSSR count). The molecule has 4 heterocycles. The summed E-state index contributed by atoms with van der Waals surface area (Å²) in [6, 6.07) is 19.4. The molecule has 6 aromatic rings. The Morgan fingerprint density at radius 3 is 1.92 bits per heavy atom. The van der Waals surface area contributed by atoms with Gasteiger partial charge in [0.1, 0.15) is 34.1 Å². The van der Waals surface area contributed by atoms with Crippen LogP contribution in [-0.4, -0.2) is 29.9 Å². The molecule has 6 nitrogen and oxygen atoms in total. The van der Waals surface area contributed by atoms with E-state index in [0.29, 0.717) is 5.15 Å². The fourth-order valence-electron chi connectivity index (χ4n) is 3.22. The molecule has 0 saturated heterocycles. The van der Waals surface area contributed by atoms with Crippen molar-refractivity contribution in [2.45, 2.75) is 16.5 Å². The van der Waals surface area contributed by atoms with E-state index in [-0.39, 0.29) is 0 Å². The Hall–Kier alpha value is -2.75. The van der Waals surface area contributed by atoms with E-state index in [1.54, 1.807) is 24.3 Å². The van der Waals surface area contributed by atoms with E-state index in [2.05, 4.69) is 48.6 Å². The average molecular weight is 588 g/mol. The highest BCUT2D eigenvalue weighted by Crippen LogP contribution is 2.27. The summed E-state index contributed by atoms with van der Waals surface area (Å²) in [5.74, 6) is 1.60. The molecule has 2 aromatic carbocycles. The molecule has 0 radical (unpaired) electrons. The van der Waals surface area contributed by atoms with Gasteiger partial charge in [-0.05, 0) is 47.5 Å². The van der Waals surface area contributed by atoms with Gasteiger partial charge in [0, 0.05) is 33.9 Å². The lowest BCUT2D eigenvalue weighted by Gasteiger charge is -2.02. The first kappa shape index (κ1) is 27.3. The van der Waals surface area contributed by atoms with Crippen molar-refractivity contribution in [3.8, 4) is 0 Å². The molecule has 11 heteroatoms. The van der Waals surface area contributed by atoms with Gasteiger partial charge >= 0.3 is 0 Å². The van der Waals surface area contributed by atoms with Crippen LogP contribution in [0.2, 0.25) is 15.2 Å². The molecule has 0 amide bonds. The van der Waals surface area contributed by atoms with Crippen molar-refractivity contribution < 1.29 is 0 Å². The van der Waals surface area contributed by atoms with E-state index in [9.17, 15) is 0 Å². The first-order chi connectivity index (χ1) is 18.0. The standard InChI is InChI=1S/C13H10ClN3S.C7H7ClS.C6H4ClN3/c14-10-3-1-2-9(6-10)7-18-13-11-4-5-15-12(11)16-8-17-13;8-7-3-1-2-6(4-7)5-9;7-5-4-1-2-8-6(4)10-3-9-5/h1-6,8H,7H2,(H,15,16,17);1-4,9H,5H2;1-3H,(H,8,9,10). The van der Waals surface area contributed by atoms with Crippen LogP contribution in [-0.2, 0) is 11.5 Å². The maximum absolute atomic E-state index is 5.96. The molecular formula is C26H21Cl3N6S2. The summed E-state index contributed by atoms with van der Waals surface area (Å²) in [5, 5.41) is 4.95. The minimum Gasteiger partial charge on any atom is -0.346 e. The van der Waals surface area contributed by atoms with E-state index >= 15 is 0 Å². The molecular weight excluding hydrogens is 567 g/mol. The number of thiol groups is 1. The summed E-state index contributed by atoms with van der Waals surface area (Å²) in [4.78, 5) is 22.3. The third-order valence-electron chi connectivity index (χ3n) is 4.96. The summed E-state index contributed by atoms with van der Waals surface area (Å²) in [5.41, 5.74) is 4.00. The number of aromatic nitrogens is 6. The first-order valence-corrected chi connectivity index (χ1v) is 13.7. The quantitative estimate of drug-likeness (QED) is 0.110. The maximum Gasteiger partial charge on any atom is 0.142 e. The highest BCUT2D eigenvalue weighted by Gasteiger charge is 2.05. The van der Waals surface area contributed by atoms with Crippen molar-refractivity contribution in [2.24, 2.45) is 0 Å². The summed E-state index contributed by atoms with van der Waals surface area (Å²) >= 11 is 23.2. The van der Waals surface area contributed by atoms with Crippen molar-refractivity contribution >= 4 is 81.3 Å². The van der Waals surface area contributed by atoms with Crippen LogP contribution in [0.25, 0.3) is 22.1 Å². The molecule has 0 atom stereocenters. The number of thioether (sulfide) groups is 1. The fourth-order valence-corrected chi connectivity index (χ4v) is 4.96. The number of halogens is 3. The lowest BCUT2D eigenvalue weighted by atomic mass is 10.2. The Morgan fingerprint density at radius 2 is 1.30 bits per heavy atom. The second-order valence-electron chi connectivity index (χ2n) is 7.53. The summed E-state index contributed by atoms with van der Waals surface area (Å²) in [6.45, 7) is 0. The lowest BCUT2D eigenvalue weighted by molar-refractivity contribution is 1.09. The molecule has 0 bridgehead atoms. The minimum absolute atomic E-state index is 0.492. The number of fused-ring (bicyclic) bond motifs is 2. The van der Waals surface area contributed by atoms with Crippen LogP contribution in [0.1, 0.15) is 11.1 Å². The zero-order valence-electron chi connectivity index (χ0n) is 19.3. The van der Waals surface area contributed by atoms with Crippen molar-refractivity contribution in [3.05, 3.63) is 112 Å². The van der Waals surface area contributed by atoms with Gasteiger partial charge in [0.2, 0.25) is 0 Å². The van der Waals surface area contributed by atoms with Crippen LogP contribution >= 0.6 is 59.2 Å². The number of rotatable bonds is 4. The predicted molar refractivity (Wildman–Crippen MR) is 158 cm³/mol. The molecule has 188 valence electrons. The topological polar surface area (TPSA) is 83.1 Å². The molecule has 0 aliphatic heterocycles. The second kappa shape index (κ2) is 13.7. The molecule has 37 heavy (non-hydrogen) atoms. The van der Waals surface area contributed by atoms with Gasteiger partial charge in [-0.2, -0.15) is 12.6 Å². The SMILES string of the molecule is Clc1cccc(CSc2ncnc3[nH]ccc23)c1.Clc1ncnc2[nH]ccc12.SCc1cccc(Cl)c1. The van der Waals surface area contributed by atoms with Gasteiger partial charge in [0.25, 0.3) is 0 Å². The average Bonchev–Trinajstić information content (AvgIpc) is 3.59. The van der Waals surface area contributed by atoms with Gasteiger partial charge in [-0.3, -0.25) is 0 Å². The third-order valence-corrected chi connectivity index (χ3v) is 7.17. The van der Waals surface area contributed by atoms with Gasteiger partial charge in [-0.15, -0.1) is 11.8 Å². The smallest absolute Gasteiger partial charge is 0.142 e. The Kier molecular flexibility index (Phi) is 10.1. The minimum atomic E-state index is 0.492. The van der Waals surface area contributed by atoms with Crippen molar-refractivity contribution in [3.63, 3.8) is 0 Å². The molecule has 0 unspecified atom stereocenters. The van der Waals surface area contributed by atoms with Crippen molar-refractivity contribution in [2.75, 3.05) is 0 Å². The highest BCUT2D eigenvalue weighted by molar-refractivity contribution is 7.98. The maximum atomic E-state index is 5.96. The largest absolute Gasteiger partial charge is 0.346 e. The van der Waals surface area contributed by atoms with E-state index in [1.165, 1.54) is 11.9 Å². The predicted octanol–water partition coefficient (Wildman–Crippen LogP) is 8.28. The molecule has 0 spiro atoms. The Bertz CT molecular complexity index is 1590. The number of nitrogens with zero attached hydrogens (tertiary/aromatic N) is 4. The Balaban J connectivity index is 0.000000143. The van der Waals surface area contributed by atoms with Crippen LogP contribution in [0.3, 0.4) is 0 Å². The number of aromatic amines is 2. The normalized spacial score (nSPS) is 10.5. The van der Waals surface area contributed by atoms with Crippen LogP contribution < -0.4 is 0 Å². The highest BCUT2D eigenvalue weighted by atomic mass is 35.5. The van der Waals surface area contributed by atoms with Crippen LogP contribution in [0.15, 0.2) is 90.7 Å². The van der Waals surface area contributed by atoms with Gasteiger partial charge in [-0.25, -0.2) is 19.9 Å². The zero-order chi connectivity index (χ0) is 26.0. The number of H-pyrrole nitrogens is 2. The molecule has 0 aliphatic carbocycles. The number of hydrogen-bond acceptors (Lipinski definition) is 6. The number of benzene rings is 2. The van der Waals surface area contributed by atoms with Crippen LogP contribution in [0, 0.1) is 0 Å². The molecule has 0 fully saturated rings. The third kappa shape index (κ3) is 7.87. The van der Waals surface area contributed by atoms with E-state index < -0.39 is 0 Å².